The molecule has 0 fully saturated rings. The fraction of sp³-hybridized carbons (Fsp3) is 0.200. The van der Waals surface area contributed by atoms with E-state index in [1.807, 2.05) is 24.3 Å². The predicted molar refractivity (Wildman–Crippen MR) is 102 cm³/mol. The third-order valence-corrected chi connectivity index (χ3v) is 3.90. The van der Waals surface area contributed by atoms with E-state index in [1.54, 1.807) is 36.8 Å². The van der Waals surface area contributed by atoms with E-state index in [9.17, 15) is 9.59 Å². The molecule has 2 heterocycles. The molecule has 8 nitrogen and oxygen atoms in total. The van der Waals surface area contributed by atoms with Crippen LogP contribution in [0.4, 0.5) is 9.59 Å². The van der Waals surface area contributed by atoms with Crippen LogP contribution in [-0.2, 0) is 26.2 Å². The van der Waals surface area contributed by atoms with Crippen LogP contribution in [0.2, 0.25) is 0 Å². The molecule has 0 aliphatic carbocycles. The second-order valence-corrected chi connectivity index (χ2v) is 6.05. The van der Waals surface area contributed by atoms with Gasteiger partial charge in [-0.05, 0) is 35.4 Å². The van der Waals surface area contributed by atoms with Crippen LogP contribution in [0.15, 0.2) is 69.9 Å². The molecule has 3 rings (SSSR count). The van der Waals surface area contributed by atoms with Crippen molar-refractivity contribution in [3.63, 3.8) is 0 Å². The van der Waals surface area contributed by atoms with Gasteiger partial charge in [-0.15, -0.1) is 0 Å². The molecular weight excluding hydrogens is 360 g/mol. The Morgan fingerprint density at radius 2 is 1.11 bits per heavy atom. The van der Waals surface area contributed by atoms with Gasteiger partial charge in [0.15, 0.2) is 0 Å². The Labute approximate surface area is 162 Å². The average Bonchev–Trinajstić information content (AvgIpc) is 3.42. The number of rotatable bonds is 8. The largest absolute Gasteiger partial charge is 0.467 e. The maximum absolute atomic E-state index is 11.8. The molecule has 3 aromatic rings. The van der Waals surface area contributed by atoms with Gasteiger partial charge in [-0.1, -0.05) is 24.3 Å². The van der Waals surface area contributed by atoms with Crippen molar-refractivity contribution in [2.75, 3.05) is 0 Å². The monoisotopic (exact) mass is 382 g/mol. The van der Waals surface area contributed by atoms with Crippen LogP contribution >= 0.6 is 0 Å². The van der Waals surface area contributed by atoms with Crippen molar-refractivity contribution in [3.05, 3.63) is 83.7 Å². The summed E-state index contributed by atoms with van der Waals surface area (Å²) < 4.78 is 10.3. The molecular formula is C20H22N4O4. The SMILES string of the molecule is O=C(NCc1cccc(CNC(=O)NCc2ccco2)c1)NCc1ccco1. The highest BCUT2D eigenvalue weighted by Crippen LogP contribution is 2.05. The van der Waals surface area contributed by atoms with Gasteiger partial charge >= 0.3 is 12.1 Å². The minimum Gasteiger partial charge on any atom is -0.467 e. The zero-order valence-corrected chi connectivity index (χ0v) is 15.2. The number of urea groups is 2. The van der Waals surface area contributed by atoms with E-state index in [0.29, 0.717) is 37.7 Å². The molecule has 0 saturated carbocycles. The summed E-state index contributed by atoms with van der Waals surface area (Å²) >= 11 is 0. The van der Waals surface area contributed by atoms with E-state index in [1.165, 1.54) is 0 Å². The summed E-state index contributed by atoms with van der Waals surface area (Å²) in [5.41, 5.74) is 1.87. The normalized spacial score (nSPS) is 10.3. The maximum Gasteiger partial charge on any atom is 0.315 e. The standard InChI is InChI=1S/C20H22N4O4/c25-19(23-13-17-6-2-8-27-17)21-11-15-4-1-5-16(10-15)12-22-20(26)24-14-18-7-3-9-28-18/h1-10H,11-14H2,(H2,21,23,25)(H2,22,24,26). The summed E-state index contributed by atoms with van der Waals surface area (Å²) in [5.74, 6) is 1.38. The number of nitrogens with one attached hydrogen (secondary N) is 4. The Hall–Kier alpha value is -3.68. The number of hydrogen-bond donors (Lipinski definition) is 4. The van der Waals surface area contributed by atoms with E-state index < -0.39 is 0 Å². The van der Waals surface area contributed by atoms with Gasteiger partial charge in [0.25, 0.3) is 0 Å². The summed E-state index contributed by atoms with van der Waals surface area (Å²) in [5, 5.41) is 11.0. The molecule has 0 saturated heterocycles. The number of hydrogen-bond acceptors (Lipinski definition) is 4. The number of carbonyl (C=O) groups is 2. The van der Waals surface area contributed by atoms with Gasteiger partial charge < -0.3 is 30.1 Å². The van der Waals surface area contributed by atoms with Gasteiger partial charge in [0.05, 0.1) is 25.6 Å². The second-order valence-electron chi connectivity index (χ2n) is 6.05. The zero-order chi connectivity index (χ0) is 19.6. The van der Waals surface area contributed by atoms with Gasteiger partial charge in [-0.3, -0.25) is 0 Å². The smallest absolute Gasteiger partial charge is 0.315 e. The quantitative estimate of drug-likeness (QED) is 0.480. The highest BCUT2D eigenvalue weighted by Gasteiger charge is 2.05. The molecule has 0 spiro atoms. The molecule has 0 aliphatic heterocycles. The molecule has 4 amide bonds. The first-order valence-electron chi connectivity index (χ1n) is 8.85. The van der Waals surface area contributed by atoms with Crippen molar-refractivity contribution >= 4 is 12.1 Å². The molecule has 2 aromatic heterocycles. The first kappa shape index (κ1) is 19.1. The van der Waals surface area contributed by atoms with Gasteiger partial charge in [-0.25, -0.2) is 9.59 Å². The number of furan rings is 2. The lowest BCUT2D eigenvalue weighted by atomic mass is 10.1. The summed E-state index contributed by atoms with van der Waals surface area (Å²) in [6.45, 7) is 1.41. The third kappa shape index (κ3) is 6.24. The first-order valence-corrected chi connectivity index (χ1v) is 8.85. The Kier molecular flexibility index (Phi) is 6.73. The molecule has 0 radical (unpaired) electrons. The Bertz CT molecular complexity index is 806. The van der Waals surface area contributed by atoms with Crippen LogP contribution in [0.5, 0.6) is 0 Å². The molecule has 1 aromatic carbocycles. The Morgan fingerprint density at radius 1 is 0.643 bits per heavy atom. The van der Waals surface area contributed by atoms with E-state index >= 15 is 0 Å². The molecule has 28 heavy (non-hydrogen) atoms. The topological polar surface area (TPSA) is 109 Å². The minimum absolute atomic E-state index is 0.280. The van der Waals surface area contributed by atoms with Crippen LogP contribution in [0, 0.1) is 0 Å². The Morgan fingerprint density at radius 3 is 1.54 bits per heavy atom. The highest BCUT2D eigenvalue weighted by atomic mass is 16.3. The number of amides is 4. The second kappa shape index (κ2) is 9.86. The lowest BCUT2D eigenvalue weighted by molar-refractivity contribution is 0.238. The van der Waals surface area contributed by atoms with Gasteiger partial charge in [0.1, 0.15) is 11.5 Å². The van der Waals surface area contributed by atoms with Crippen LogP contribution in [-0.4, -0.2) is 12.1 Å². The third-order valence-electron chi connectivity index (χ3n) is 3.90. The van der Waals surface area contributed by atoms with Crippen LogP contribution < -0.4 is 21.3 Å². The predicted octanol–water partition coefficient (Wildman–Crippen LogP) is 2.87. The van der Waals surface area contributed by atoms with Crippen LogP contribution in [0.3, 0.4) is 0 Å². The van der Waals surface area contributed by atoms with E-state index in [2.05, 4.69) is 21.3 Å². The lowest BCUT2D eigenvalue weighted by Gasteiger charge is -2.09. The highest BCUT2D eigenvalue weighted by molar-refractivity contribution is 5.74. The summed E-state index contributed by atoms with van der Waals surface area (Å²) in [6, 6.07) is 14.2. The molecule has 8 heteroatoms. The average molecular weight is 382 g/mol. The summed E-state index contributed by atoms with van der Waals surface area (Å²) in [6.07, 6.45) is 3.12. The summed E-state index contributed by atoms with van der Waals surface area (Å²) in [4.78, 5) is 23.7. The molecule has 0 unspecified atom stereocenters. The van der Waals surface area contributed by atoms with E-state index in [-0.39, 0.29) is 12.1 Å². The van der Waals surface area contributed by atoms with Crippen molar-refractivity contribution in [3.8, 4) is 0 Å². The molecule has 0 atom stereocenters. The fourth-order valence-corrected chi connectivity index (χ4v) is 2.50. The van der Waals surface area contributed by atoms with Crippen molar-refractivity contribution in [1.82, 2.24) is 21.3 Å². The van der Waals surface area contributed by atoms with E-state index in [0.717, 1.165) is 11.1 Å². The van der Waals surface area contributed by atoms with Crippen LogP contribution in [0.25, 0.3) is 0 Å². The lowest BCUT2D eigenvalue weighted by Crippen LogP contribution is -2.35. The van der Waals surface area contributed by atoms with Crippen molar-refractivity contribution in [2.24, 2.45) is 0 Å². The molecule has 0 aliphatic rings. The van der Waals surface area contributed by atoms with Crippen LogP contribution in [0.1, 0.15) is 22.6 Å². The number of benzene rings is 1. The van der Waals surface area contributed by atoms with E-state index in [4.69, 9.17) is 8.83 Å². The van der Waals surface area contributed by atoms with Crippen molar-refractivity contribution in [2.45, 2.75) is 26.2 Å². The molecule has 4 N–H and O–H groups in total. The summed E-state index contributed by atoms with van der Waals surface area (Å²) in [7, 11) is 0. The fourth-order valence-electron chi connectivity index (χ4n) is 2.50. The van der Waals surface area contributed by atoms with Gasteiger partial charge in [0, 0.05) is 13.1 Å². The van der Waals surface area contributed by atoms with Crippen molar-refractivity contribution in [1.29, 1.82) is 0 Å². The van der Waals surface area contributed by atoms with Gasteiger partial charge in [0.2, 0.25) is 0 Å². The maximum atomic E-state index is 11.8. The number of carbonyl (C=O) groups excluding carboxylic acids is 2. The van der Waals surface area contributed by atoms with Crippen molar-refractivity contribution < 1.29 is 18.4 Å². The van der Waals surface area contributed by atoms with Gasteiger partial charge in [-0.2, -0.15) is 0 Å². The molecule has 146 valence electrons. The minimum atomic E-state index is -0.280. The Balaban J connectivity index is 1.38. The zero-order valence-electron chi connectivity index (χ0n) is 15.2. The molecule has 0 bridgehead atoms. The first-order chi connectivity index (χ1) is 13.7.